The summed E-state index contributed by atoms with van der Waals surface area (Å²) in [5.41, 5.74) is 0. The molecular formula is C7H13N5O. The lowest BCUT2D eigenvalue weighted by atomic mass is 10.0. The van der Waals surface area contributed by atoms with Crippen LogP contribution in [0.25, 0.3) is 0 Å². The Morgan fingerprint density at radius 2 is 2.23 bits per heavy atom. The molecule has 0 bridgehead atoms. The van der Waals surface area contributed by atoms with Crippen molar-refractivity contribution in [1.29, 1.82) is 0 Å². The standard InChI is InChI=1S/C7H13N5O/c1-4(2)6(8-5(3)13)7-9-11-12-10-7/h4,6H,1-3H3,(H,8,13)(H,9,10,11,12). The molecule has 13 heavy (non-hydrogen) atoms. The van der Waals surface area contributed by atoms with Gasteiger partial charge >= 0.3 is 0 Å². The van der Waals surface area contributed by atoms with E-state index >= 15 is 0 Å². The molecule has 6 nitrogen and oxygen atoms in total. The molecule has 0 aromatic carbocycles. The number of H-pyrrole nitrogens is 1. The maximum absolute atomic E-state index is 10.9. The molecule has 1 atom stereocenters. The second-order valence-electron chi connectivity index (χ2n) is 3.19. The van der Waals surface area contributed by atoms with Crippen molar-refractivity contribution in [2.45, 2.75) is 26.8 Å². The molecule has 1 aromatic rings. The SMILES string of the molecule is CC(=O)NC(c1nn[nH]n1)C(C)C. The summed E-state index contributed by atoms with van der Waals surface area (Å²) in [7, 11) is 0. The lowest BCUT2D eigenvalue weighted by Crippen LogP contribution is -2.30. The van der Waals surface area contributed by atoms with Crippen molar-refractivity contribution in [3.05, 3.63) is 5.82 Å². The number of carbonyl (C=O) groups excluding carboxylic acids is 1. The van der Waals surface area contributed by atoms with Crippen molar-refractivity contribution >= 4 is 5.91 Å². The second-order valence-corrected chi connectivity index (χ2v) is 3.19. The largest absolute Gasteiger partial charge is 0.346 e. The van der Waals surface area contributed by atoms with Crippen molar-refractivity contribution in [2.24, 2.45) is 5.92 Å². The van der Waals surface area contributed by atoms with Crippen LogP contribution >= 0.6 is 0 Å². The first kappa shape index (κ1) is 9.63. The summed E-state index contributed by atoms with van der Waals surface area (Å²) in [5.74, 6) is 0.662. The second kappa shape index (κ2) is 3.97. The molecule has 1 rings (SSSR count). The van der Waals surface area contributed by atoms with Crippen LogP contribution in [0, 0.1) is 5.92 Å². The van der Waals surface area contributed by atoms with E-state index in [0.717, 1.165) is 0 Å². The van der Waals surface area contributed by atoms with E-state index in [1.54, 1.807) is 0 Å². The molecule has 0 spiro atoms. The highest BCUT2D eigenvalue weighted by Gasteiger charge is 2.20. The zero-order valence-corrected chi connectivity index (χ0v) is 7.90. The number of nitrogens with zero attached hydrogens (tertiary/aromatic N) is 3. The number of aromatic nitrogens is 4. The first-order chi connectivity index (χ1) is 6.11. The van der Waals surface area contributed by atoms with Crippen molar-refractivity contribution in [3.63, 3.8) is 0 Å². The van der Waals surface area contributed by atoms with Gasteiger partial charge in [-0.1, -0.05) is 19.1 Å². The minimum absolute atomic E-state index is 0.0940. The Hall–Kier alpha value is -1.46. The van der Waals surface area contributed by atoms with E-state index in [-0.39, 0.29) is 17.9 Å². The molecule has 6 heteroatoms. The average Bonchev–Trinajstić information content (AvgIpc) is 2.50. The number of tetrazole rings is 1. The van der Waals surface area contributed by atoms with Crippen LogP contribution < -0.4 is 5.32 Å². The van der Waals surface area contributed by atoms with Gasteiger partial charge in [-0.2, -0.15) is 5.21 Å². The summed E-state index contributed by atoms with van der Waals surface area (Å²) in [4.78, 5) is 10.9. The van der Waals surface area contributed by atoms with Gasteiger partial charge in [0.05, 0.1) is 6.04 Å². The van der Waals surface area contributed by atoms with Gasteiger partial charge in [0, 0.05) is 6.92 Å². The smallest absolute Gasteiger partial charge is 0.217 e. The minimum atomic E-state index is -0.170. The van der Waals surface area contributed by atoms with Gasteiger partial charge < -0.3 is 5.32 Å². The van der Waals surface area contributed by atoms with Gasteiger partial charge in [0.15, 0.2) is 5.82 Å². The minimum Gasteiger partial charge on any atom is -0.346 e. The molecule has 1 unspecified atom stereocenters. The Balaban J connectivity index is 2.74. The summed E-state index contributed by atoms with van der Waals surface area (Å²) < 4.78 is 0. The average molecular weight is 183 g/mol. The molecule has 2 N–H and O–H groups in total. The van der Waals surface area contributed by atoms with Gasteiger partial charge in [-0.25, -0.2) is 0 Å². The predicted octanol–water partition coefficient (Wildman–Crippen LogP) is 0.0329. The summed E-state index contributed by atoms with van der Waals surface area (Å²) >= 11 is 0. The molecule has 0 aliphatic carbocycles. The van der Waals surface area contributed by atoms with Crippen molar-refractivity contribution in [1.82, 2.24) is 25.9 Å². The highest BCUT2D eigenvalue weighted by molar-refractivity contribution is 5.73. The molecule has 0 saturated carbocycles. The summed E-state index contributed by atoms with van der Waals surface area (Å²) in [6.07, 6.45) is 0. The van der Waals surface area contributed by atoms with Crippen LogP contribution in [-0.4, -0.2) is 26.5 Å². The zero-order chi connectivity index (χ0) is 9.84. The normalized spacial score (nSPS) is 12.9. The molecule has 0 saturated heterocycles. The number of amides is 1. The summed E-state index contributed by atoms with van der Waals surface area (Å²) in [5, 5.41) is 16.2. The van der Waals surface area contributed by atoms with Gasteiger partial charge in [0.2, 0.25) is 5.91 Å². The Bertz CT molecular complexity index is 268. The fourth-order valence-corrected chi connectivity index (χ4v) is 1.05. The van der Waals surface area contributed by atoms with E-state index in [9.17, 15) is 4.79 Å². The lowest BCUT2D eigenvalue weighted by Gasteiger charge is -2.17. The van der Waals surface area contributed by atoms with Gasteiger partial charge in [-0.15, -0.1) is 10.2 Å². The van der Waals surface area contributed by atoms with Crippen molar-refractivity contribution in [3.8, 4) is 0 Å². The van der Waals surface area contributed by atoms with Gasteiger partial charge in [-0.3, -0.25) is 4.79 Å². The van der Waals surface area contributed by atoms with Gasteiger partial charge in [0.25, 0.3) is 0 Å². The maximum atomic E-state index is 10.9. The van der Waals surface area contributed by atoms with E-state index in [2.05, 4.69) is 25.9 Å². The predicted molar refractivity (Wildman–Crippen MR) is 45.6 cm³/mol. The van der Waals surface area contributed by atoms with Gasteiger partial charge in [-0.05, 0) is 5.92 Å². The molecular weight excluding hydrogens is 170 g/mol. The van der Waals surface area contributed by atoms with Crippen LogP contribution in [0.4, 0.5) is 0 Å². The number of hydrogen-bond acceptors (Lipinski definition) is 4. The molecule has 1 amide bonds. The van der Waals surface area contributed by atoms with Crippen LogP contribution in [-0.2, 0) is 4.79 Å². The molecule has 1 aromatic heterocycles. The number of rotatable bonds is 3. The monoisotopic (exact) mass is 183 g/mol. The quantitative estimate of drug-likeness (QED) is 0.692. The number of nitrogens with one attached hydrogen (secondary N) is 2. The first-order valence-electron chi connectivity index (χ1n) is 4.11. The summed E-state index contributed by atoms with van der Waals surface area (Å²) in [6, 6.07) is -0.170. The van der Waals surface area contributed by atoms with Crippen LogP contribution in [0.3, 0.4) is 0 Å². The maximum Gasteiger partial charge on any atom is 0.217 e. The van der Waals surface area contributed by atoms with Crippen LogP contribution in [0.15, 0.2) is 0 Å². The molecule has 72 valence electrons. The Morgan fingerprint density at radius 1 is 1.54 bits per heavy atom. The molecule has 0 aliphatic rings. The van der Waals surface area contributed by atoms with E-state index in [0.29, 0.717) is 5.82 Å². The molecule has 1 heterocycles. The Kier molecular flexibility index (Phi) is 2.94. The third-order valence-corrected chi connectivity index (χ3v) is 1.67. The Labute approximate surface area is 76.1 Å². The van der Waals surface area contributed by atoms with Crippen molar-refractivity contribution in [2.75, 3.05) is 0 Å². The fourth-order valence-electron chi connectivity index (χ4n) is 1.05. The Morgan fingerprint density at radius 3 is 2.62 bits per heavy atom. The van der Waals surface area contributed by atoms with E-state index in [4.69, 9.17) is 0 Å². The number of carbonyl (C=O) groups is 1. The first-order valence-corrected chi connectivity index (χ1v) is 4.11. The fraction of sp³-hybridized carbons (Fsp3) is 0.714. The topological polar surface area (TPSA) is 83.6 Å². The highest BCUT2D eigenvalue weighted by Crippen LogP contribution is 2.16. The molecule has 0 radical (unpaired) electrons. The van der Waals surface area contributed by atoms with Crippen LogP contribution in [0.5, 0.6) is 0 Å². The molecule has 0 aliphatic heterocycles. The van der Waals surface area contributed by atoms with E-state index in [1.165, 1.54) is 6.92 Å². The lowest BCUT2D eigenvalue weighted by molar-refractivity contribution is -0.120. The van der Waals surface area contributed by atoms with Crippen LogP contribution in [0.2, 0.25) is 0 Å². The van der Waals surface area contributed by atoms with Crippen LogP contribution in [0.1, 0.15) is 32.6 Å². The van der Waals surface area contributed by atoms with E-state index < -0.39 is 0 Å². The van der Waals surface area contributed by atoms with E-state index in [1.807, 2.05) is 13.8 Å². The number of aromatic amines is 1. The third kappa shape index (κ3) is 2.50. The zero-order valence-electron chi connectivity index (χ0n) is 7.90. The summed E-state index contributed by atoms with van der Waals surface area (Å²) in [6.45, 7) is 5.43. The number of hydrogen-bond donors (Lipinski definition) is 2. The highest BCUT2D eigenvalue weighted by atomic mass is 16.1. The molecule has 0 fully saturated rings. The van der Waals surface area contributed by atoms with Gasteiger partial charge in [0.1, 0.15) is 0 Å². The van der Waals surface area contributed by atoms with Crippen molar-refractivity contribution < 1.29 is 4.79 Å². The third-order valence-electron chi connectivity index (χ3n) is 1.67.